The van der Waals surface area contributed by atoms with Crippen LogP contribution in [0.4, 0.5) is 0 Å². The summed E-state index contributed by atoms with van der Waals surface area (Å²) in [5, 5.41) is 10.7. The monoisotopic (exact) mass is 246 g/mol. The van der Waals surface area contributed by atoms with E-state index in [1.165, 1.54) is 43.2 Å². The van der Waals surface area contributed by atoms with Crippen molar-refractivity contribution >= 4 is 0 Å². The van der Waals surface area contributed by atoms with Crippen molar-refractivity contribution in [2.24, 2.45) is 11.8 Å². The number of aliphatic hydroxyl groups is 1. The first-order valence-corrected chi connectivity index (χ1v) is 7.38. The summed E-state index contributed by atoms with van der Waals surface area (Å²) in [5.41, 5.74) is 3.64. The molecule has 1 aliphatic carbocycles. The minimum Gasteiger partial charge on any atom is -0.388 e. The van der Waals surface area contributed by atoms with Crippen molar-refractivity contribution in [3.8, 4) is 0 Å². The SMILES string of the molecule is CCC1CCCCC1C(O)c1cc(C)cc(C)c1. The Kier molecular flexibility index (Phi) is 4.45. The van der Waals surface area contributed by atoms with Crippen LogP contribution in [0.15, 0.2) is 18.2 Å². The fraction of sp³-hybridized carbons (Fsp3) is 0.647. The maximum Gasteiger partial charge on any atom is 0.0821 e. The number of rotatable bonds is 3. The lowest BCUT2D eigenvalue weighted by atomic mass is 9.73. The highest BCUT2D eigenvalue weighted by molar-refractivity contribution is 5.30. The summed E-state index contributed by atoms with van der Waals surface area (Å²) in [6, 6.07) is 6.48. The third-order valence-electron chi connectivity index (χ3n) is 4.48. The van der Waals surface area contributed by atoms with E-state index in [4.69, 9.17) is 0 Å². The molecule has 100 valence electrons. The molecular weight excluding hydrogens is 220 g/mol. The number of hydrogen-bond acceptors (Lipinski definition) is 1. The van der Waals surface area contributed by atoms with Crippen molar-refractivity contribution in [2.45, 2.75) is 59.0 Å². The average Bonchev–Trinajstić information content (AvgIpc) is 2.36. The molecule has 0 aromatic heterocycles. The Hall–Kier alpha value is -0.820. The molecule has 1 fully saturated rings. The van der Waals surface area contributed by atoms with Gasteiger partial charge >= 0.3 is 0 Å². The third-order valence-corrected chi connectivity index (χ3v) is 4.48. The van der Waals surface area contributed by atoms with Gasteiger partial charge in [0.1, 0.15) is 0 Å². The van der Waals surface area contributed by atoms with Crippen LogP contribution in [0.2, 0.25) is 0 Å². The lowest BCUT2D eigenvalue weighted by Gasteiger charge is -2.34. The van der Waals surface area contributed by atoms with Gasteiger partial charge in [-0.1, -0.05) is 61.9 Å². The van der Waals surface area contributed by atoms with Crippen LogP contribution in [-0.2, 0) is 0 Å². The minimum absolute atomic E-state index is 0.270. The van der Waals surface area contributed by atoms with E-state index >= 15 is 0 Å². The molecular formula is C17H26O. The molecule has 1 heteroatoms. The predicted octanol–water partition coefficient (Wildman–Crippen LogP) is 4.55. The smallest absolute Gasteiger partial charge is 0.0821 e. The summed E-state index contributed by atoms with van der Waals surface area (Å²) in [6.45, 7) is 6.49. The second-order valence-electron chi connectivity index (χ2n) is 5.98. The standard InChI is InChI=1S/C17H26O/c1-4-14-7-5-6-8-16(14)17(18)15-10-12(2)9-13(3)11-15/h9-11,14,16-18H,4-8H2,1-3H3. The third kappa shape index (κ3) is 2.95. The van der Waals surface area contributed by atoms with Gasteiger partial charge in [0.15, 0.2) is 0 Å². The molecule has 3 atom stereocenters. The highest BCUT2D eigenvalue weighted by atomic mass is 16.3. The first-order valence-electron chi connectivity index (χ1n) is 7.38. The lowest BCUT2D eigenvalue weighted by molar-refractivity contribution is 0.0451. The topological polar surface area (TPSA) is 20.2 Å². The van der Waals surface area contributed by atoms with Gasteiger partial charge in [-0.05, 0) is 37.7 Å². The van der Waals surface area contributed by atoms with E-state index in [-0.39, 0.29) is 6.10 Å². The van der Waals surface area contributed by atoms with Gasteiger partial charge in [-0.25, -0.2) is 0 Å². The molecule has 2 rings (SSSR count). The molecule has 0 saturated heterocycles. The molecule has 1 aromatic carbocycles. The molecule has 0 aliphatic heterocycles. The molecule has 0 bridgehead atoms. The van der Waals surface area contributed by atoms with Gasteiger partial charge in [-0.3, -0.25) is 0 Å². The first-order chi connectivity index (χ1) is 8.61. The quantitative estimate of drug-likeness (QED) is 0.829. The molecule has 1 aliphatic rings. The second-order valence-corrected chi connectivity index (χ2v) is 5.98. The summed E-state index contributed by atoms with van der Waals surface area (Å²) in [4.78, 5) is 0. The molecule has 1 aromatic rings. The summed E-state index contributed by atoms with van der Waals surface area (Å²) in [6.07, 6.45) is 6.04. The Bertz CT molecular complexity index is 376. The molecule has 1 N–H and O–H groups in total. The summed E-state index contributed by atoms with van der Waals surface area (Å²) < 4.78 is 0. The van der Waals surface area contributed by atoms with E-state index in [1.54, 1.807) is 0 Å². The van der Waals surface area contributed by atoms with Crippen LogP contribution in [0.5, 0.6) is 0 Å². The summed E-state index contributed by atoms with van der Waals surface area (Å²) in [5.74, 6) is 1.17. The van der Waals surface area contributed by atoms with Gasteiger partial charge in [0, 0.05) is 0 Å². The van der Waals surface area contributed by atoms with Crippen molar-refractivity contribution in [3.05, 3.63) is 34.9 Å². The van der Waals surface area contributed by atoms with Crippen LogP contribution in [0.1, 0.15) is 61.8 Å². The van der Waals surface area contributed by atoms with E-state index in [0.29, 0.717) is 11.8 Å². The van der Waals surface area contributed by atoms with Crippen LogP contribution >= 0.6 is 0 Å². The average molecular weight is 246 g/mol. The zero-order valence-electron chi connectivity index (χ0n) is 11.9. The van der Waals surface area contributed by atoms with Crippen molar-refractivity contribution in [1.82, 2.24) is 0 Å². The fourth-order valence-electron chi connectivity index (χ4n) is 3.59. The highest BCUT2D eigenvalue weighted by Gasteiger charge is 2.30. The van der Waals surface area contributed by atoms with E-state index < -0.39 is 0 Å². The molecule has 0 heterocycles. The van der Waals surface area contributed by atoms with Gasteiger partial charge in [0.05, 0.1) is 6.10 Å². The Labute approximate surface area is 111 Å². The molecule has 1 nitrogen and oxygen atoms in total. The molecule has 0 amide bonds. The van der Waals surface area contributed by atoms with Crippen LogP contribution < -0.4 is 0 Å². The summed E-state index contributed by atoms with van der Waals surface area (Å²) in [7, 11) is 0. The number of aryl methyl sites for hydroxylation is 2. The Balaban J connectivity index is 2.20. The molecule has 1 saturated carbocycles. The van der Waals surface area contributed by atoms with Gasteiger partial charge in [0.2, 0.25) is 0 Å². The molecule has 0 spiro atoms. The van der Waals surface area contributed by atoms with Crippen molar-refractivity contribution in [2.75, 3.05) is 0 Å². The highest BCUT2D eigenvalue weighted by Crippen LogP contribution is 2.40. The van der Waals surface area contributed by atoms with E-state index in [9.17, 15) is 5.11 Å². The van der Waals surface area contributed by atoms with Crippen LogP contribution in [0.25, 0.3) is 0 Å². The van der Waals surface area contributed by atoms with Crippen molar-refractivity contribution < 1.29 is 5.11 Å². The van der Waals surface area contributed by atoms with Crippen LogP contribution in [0, 0.1) is 25.7 Å². The largest absolute Gasteiger partial charge is 0.388 e. The van der Waals surface area contributed by atoms with Crippen LogP contribution in [-0.4, -0.2) is 5.11 Å². The van der Waals surface area contributed by atoms with E-state index in [0.717, 1.165) is 5.56 Å². The summed E-state index contributed by atoms with van der Waals surface area (Å²) >= 11 is 0. The maximum atomic E-state index is 10.7. The van der Waals surface area contributed by atoms with Gasteiger partial charge < -0.3 is 5.11 Å². The number of benzene rings is 1. The maximum absolute atomic E-state index is 10.7. The molecule has 3 unspecified atom stereocenters. The molecule has 18 heavy (non-hydrogen) atoms. The van der Waals surface area contributed by atoms with Gasteiger partial charge in [0.25, 0.3) is 0 Å². The van der Waals surface area contributed by atoms with Crippen molar-refractivity contribution in [3.63, 3.8) is 0 Å². The Morgan fingerprint density at radius 3 is 2.33 bits per heavy atom. The van der Waals surface area contributed by atoms with Crippen molar-refractivity contribution in [1.29, 1.82) is 0 Å². The molecule has 0 radical (unpaired) electrons. The number of aliphatic hydroxyl groups excluding tert-OH is 1. The Morgan fingerprint density at radius 2 is 1.72 bits per heavy atom. The zero-order valence-corrected chi connectivity index (χ0v) is 11.9. The van der Waals surface area contributed by atoms with Gasteiger partial charge in [-0.2, -0.15) is 0 Å². The normalized spacial score (nSPS) is 26.0. The minimum atomic E-state index is -0.270. The zero-order chi connectivity index (χ0) is 13.1. The van der Waals surface area contributed by atoms with Crippen LogP contribution in [0.3, 0.4) is 0 Å². The number of hydrogen-bond donors (Lipinski definition) is 1. The predicted molar refractivity (Wildman–Crippen MR) is 76.6 cm³/mol. The van der Waals surface area contributed by atoms with E-state index in [1.807, 2.05) is 0 Å². The lowest BCUT2D eigenvalue weighted by Crippen LogP contribution is -2.25. The first kappa shape index (κ1) is 13.6. The second kappa shape index (κ2) is 5.88. The van der Waals surface area contributed by atoms with Gasteiger partial charge in [-0.15, -0.1) is 0 Å². The Morgan fingerprint density at radius 1 is 1.11 bits per heavy atom. The van der Waals surface area contributed by atoms with E-state index in [2.05, 4.69) is 39.0 Å². The fourth-order valence-corrected chi connectivity index (χ4v) is 3.59.